The molecule has 3 saturated heterocycles. The number of benzene rings is 1. The fourth-order valence-corrected chi connectivity index (χ4v) is 4.96. The highest BCUT2D eigenvalue weighted by atomic mass is 16.5. The number of guanidine groups is 1. The van der Waals surface area contributed by atoms with Crippen LogP contribution in [0.4, 0.5) is 0 Å². The van der Waals surface area contributed by atoms with E-state index in [-0.39, 0.29) is 12.0 Å². The van der Waals surface area contributed by atoms with E-state index in [0.717, 1.165) is 84.6 Å². The van der Waals surface area contributed by atoms with Crippen molar-refractivity contribution in [2.45, 2.75) is 32.5 Å². The molecule has 0 radical (unpaired) electrons. The Morgan fingerprint density at radius 2 is 1.88 bits per heavy atom. The van der Waals surface area contributed by atoms with E-state index in [1.54, 1.807) is 6.92 Å². The smallest absolute Gasteiger partial charge is 0.219 e. The molecule has 3 aliphatic heterocycles. The normalized spacial score (nSPS) is 25.1. The number of carbonyl (C=O) groups excluding carboxylic acids is 1. The third-order valence-corrected chi connectivity index (χ3v) is 6.77. The summed E-state index contributed by atoms with van der Waals surface area (Å²) < 4.78 is 6.15. The van der Waals surface area contributed by atoms with E-state index >= 15 is 0 Å². The topological polar surface area (TPSA) is 63.7 Å². The fourth-order valence-electron chi connectivity index (χ4n) is 4.96. The van der Waals surface area contributed by atoms with E-state index in [9.17, 15) is 4.79 Å². The van der Waals surface area contributed by atoms with E-state index in [1.807, 2.05) is 4.90 Å². The van der Waals surface area contributed by atoms with Crippen molar-refractivity contribution in [1.29, 1.82) is 0 Å². The lowest BCUT2D eigenvalue weighted by atomic mass is 10.1. The average Bonchev–Trinajstić information content (AvgIpc) is 3.25. The number of morpholine rings is 1. The number of hydrogen-bond acceptors (Lipinski definition) is 5. The molecule has 1 aromatic rings. The van der Waals surface area contributed by atoms with Crippen LogP contribution in [0.1, 0.15) is 19.4 Å². The number of carbonyl (C=O) groups is 1. The maximum absolute atomic E-state index is 11.5. The van der Waals surface area contributed by atoms with Gasteiger partial charge in [0.1, 0.15) is 0 Å². The molecule has 0 aliphatic carbocycles. The first-order valence-electron chi connectivity index (χ1n) is 12.0. The van der Waals surface area contributed by atoms with Crippen molar-refractivity contribution in [3.8, 4) is 0 Å². The predicted octanol–water partition coefficient (Wildman–Crippen LogP) is 0.701. The number of amides is 1. The number of ether oxygens (including phenoxy) is 1. The number of aliphatic imine (C=N–C) groups is 1. The second-order valence-electron chi connectivity index (χ2n) is 8.92. The zero-order chi connectivity index (χ0) is 22.3. The van der Waals surface area contributed by atoms with Crippen molar-refractivity contribution in [2.75, 3.05) is 72.1 Å². The average molecular weight is 443 g/mol. The summed E-state index contributed by atoms with van der Waals surface area (Å²) in [5.41, 5.74) is 1.36. The SMILES string of the molecule is CCNC(=NCCN1CCN(C(C)=O)CC1)N1CC2OCCN(Cc3ccccc3)C2C1. The van der Waals surface area contributed by atoms with Crippen LogP contribution in [0.2, 0.25) is 0 Å². The predicted molar refractivity (Wildman–Crippen MR) is 127 cm³/mol. The zero-order valence-corrected chi connectivity index (χ0v) is 19.6. The van der Waals surface area contributed by atoms with Gasteiger partial charge in [-0.05, 0) is 12.5 Å². The number of nitrogens with zero attached hydrogens (tertiary/aromatic N) is 5. The number of rotatable bonds is 6. The second-order valence-corrected chi connectivity index (χ2v) is 8.92. The molecule has 1 aromatic carbocycles. The van der Waals surface area contributed by atoms with Gasteiger partial charge in [0.2, 0.25) is 5.91 Å². The van der Waals surface area contributed by atoms with Gasteiger partial charge in [-0.15, -0.1) is 0 Å². The van der Waals surface area contributed by atoms with Gasteiger partial charge in [-0.1, -0.05) is 30.3 Å². The van der Waals surface area contributed by atoms with Gasteiger partial charge in [-0.3, -0.25) is 19.6 Å². The van der Waals surface area contributed by atoms with Crippen LogP contribution < -0.4 is 5.32 Å². The third-order valence-electron chi connectivity index (χ3n) is 6.77. The van der Waals surface area contributed by atoms with E-state index < -0.39 is 0 Å². The summed E-state index contributed by atoms with van der Waals surface area (Å²) in [5, 5.41) is 3.49. The maximum Gasteiger partial charge on any atom is 0.219 e. The Morgan fingerprint density at radius 1 is 1.09 bits per heavy atom. The van der Waals surface area contributed by atoms with Crippen LogP contribution in [-0.4, -0.2) is 116 Å². The molecule has 176 valence electrons. The number of piperazine rings is 1. The van der Waals surface area contributed by atoms with Gasteiger partial charge in [0.25, 0.3) is 0 Å². The lowest BCUT2D eigenvalue weighted by Crippen LogP contribution is -2.50. The summed E-state index contributed by atoms with van der Waals surface area (Å²) in [7, 11) is 0. The third kappa shape index (κ3) is 5.79. The molecule has 1 N–H and O–H groups in total. The minimum Gasteiger partial charge on any atom is -0.373 e. The molecule has 0 aromatic heterocycles. The summed E-state index contributed by atoms with van der Waals surface area (Å²) in [5.74, 6) is 1.17. The van der Waals surface area contributed by atoms with E-state index in [1.165, 1.54) is 5.56 Å². The Bertz CT molecular complexity index is 765. The van der Waals surface area contributed by atoms with Crippen molar-refractivity contribution >= 4 is 11.9 Å². The van der Waals surface area contributed by atoms with Crippen LogP contribution >= 0.6 is 0 Å². The first-order chi connectivity index (χ1) is 15.6. The number of fused-ring (bicyclic) bond motifs is 1. The molecule has 0 bridgehead atoms. The monoisotopic (exact) mass is 442 g/mol. The van der Waals surface area contributed by atoms with E-state index in [4.69, 9.17) is 9.73 Å². The Labute approximate surface area is 192 Å². The number of nitrogens with one attached hydrogen (secondary N) is 1. The largest absolute Gasteiger partial charge is 0.373 e. The second kappa shape index (κ2) is 11.1. The highest BCUT2D eigenvalue weighted by Gasteiger charge is 2.41. The van der Waals surface area contributed by atoms with Crippen molar-refractivity contribution in [3.05, 3.63) is 35.9 Å². The molecule has 8 nitrogen and oxygen atoms in total. The minimum absolute atomic E-state index is 0.177. The first kappa shape index (κ1) is 23.0. The molecular weight excluding hydrogens is 404 g/mol. The Kier molecular flexibility index (Phi) is 8.00. The number of hydrogen-bond donors (Lipinski definition) is 1. The van der Waals surface area contributed by atoms with Crippen molar-refractivity contribution < 1.29 is 9.53 Å². The Morgan fingerprint density at radius 3 is 2.59 bits per heavy atom. The highest BCUT2D eigenvalue weighted by molar-refractivity contribution is 5.80. The summed E-state index contributed by atoms with van der Waals surface area (Å²) in [4.78, 5) is 25.7. The van der Waals surface area contributed by atoms with Crippen LogP contribution in [0, 0.1) is 0 Å². The quantitative estimate of drug-likeness (QED) is 0.517. The van der Waals surface area contributed by atoms with Crippen molar-refractivity contribution in [3.63, 3.8) is 0 Å². The van der Waals surface area contributed by atoms with Gasteiger partial charge in [-0.25, -0.2) is 0 Å². The molecule has 0 spiro atoms. The highest BCUT2D eigenvalue weighted by Crippen LogP contribution is 2.24. The fraction of sp³-hybridized carbons (Fsp3) is 0.667. The molecule has 0 saturated carbocycles. The van der Waals surface area contributed by atoms with E-state index in [0.29, 0.717) is 6.04 Å². The maximum atomic E-state index is 11.5. The zero-order valence-electron chi connectivity index (χ0n) is 19.6. The Balaban J connectivity index is 1.32. The first-order valence-corrected chi connectivity index (χ1v) is 12.0. The van der Waals surface area contributed by atoms with Crippen LogP contribution in [0.5, 0.6) is 0 Å². The van der Waals surface area contributed by atoms with Crippen molar-refractivity contribution in [2.24, 2.45) is 4.99 Å². The summed E-state index contributed by atoms with van der Waals surface area (Å²) in [6, 6.07) is 11.1. The molecule has 3 fully saturated rings. The molecule has 2 atom stereocenters. The molecule has 4 rings (SSSR count). The van der Waals surface area contributed by atoms with Crippen LogP contribution in [0.3, 0.4) is 0 Å². The summed E-state index contributed by atoms with van der Waals surface area (Å²) >= 11 is 0. The molecular formula is C24H38N6O2. The van der Waals surface area contributed by atoms with Gasteiger partial charge < -0.3 is 19.9 Å². The lowest BCUT2D eigenvalue weighted by molar-refractivity contribution is -0.130. The van der Waals surface area contributed by atoms with Crippen molar-refractivity contribution in [1.82, 2.24) is 24.9 Å². The molecule has 1 amide bonds. The van der Waals surface area contributed by atoms with Gasteiger partial charge >= 0.3 is 0 Å². The van der Waals surface area contributed by atoms with Crippen LogP contribution in [-0.2, 0) is 16.1 Å². The van der Waals surface area contributed by atoms with Crippen LogP contribution in [0.15, 0.2) is 35.3 Å². The van der Waals surface area contributed by atoms with E-state index in [2.05, 4.69) is 57.3 Å². The molecule has 8 heteroatoms. The molecule has 3 heterocycles. The minimum atomic E-state index is 0.177. The molecule has 3 aliphatic rings. The molecule has 32 heavy (non-hydrogen) atoms. The van der Waals surface area contributed by atoms with Gasteiger partial charge in [-0.2, -0.15) is 0 Å². The summed E-state index contributed by atoms with van der Waals surface area (Å²) in [6.45, 7) is 14.4. The standard InChI is InChI=1S/C24H38N6O2/c1-3-25-24(26-9-10-27-11-13-28(14-12-27)20(2)31)30-18-22-23(19-30)32-16-15-29(22)17-21-7-5-4-6-8-21/h4-8,22-23H,3,9-19H2,1-2H3,(H,25,26). The van der Waals surface area contributed by atoms with Gasteiger partial charge in [0, 0.05) is 72.4 Å². The Hall–Kier alpha value is -2.16. The van der Waals surface area contributed by atoms with Gasteiger partial charge in [0.15, 0.2) is 5.96 Å². The summed E-state index contributed by atoms with van der Waals surface area (Å²) in [6.07, 6.45) is 0.232. The molecule has 2 unspecified atom stereocenters. The van der Waals surface area contributed by atoms with Gasteiger partial charge in [0.05, 0.1) is 25.3 Å². The lowest BCUT2D eigenvalue weighted by Gasteiger charge is -2.36. The van der Waals surface area contributed by atoms with Crippen LogP contribution in [0.25, 0.3) is 0 Å². The number of likely N-dealkylation sites (tertiary alicyclic amines) is 1.